The molecule has 0 bridgehead atoms. The molecule has 4 rings (SSSR count). The van der Waals surface area contributed by atoms with Crippen molar-refractivity contribution in [3.05, 3.63) is 42.0 Å². The van der Waals surface area contributed by atoms with Crippen molar-refractivity contribution in [2.45, 2.75) is 88.3 Å². The molecule has 0 unspecified atom stereocenters. The number of carbonyl (C=O) groups excluding carboxylic acids is 3. The van der Waals surface area contributed by atoms with Crippen LogP contribution in [0.2, 0.25) is 0 Å². The molecule has 3 N–H and O–H groups in total. The minimum absolute atomic E-state index is 0.0269. The minimum atomic E-state index is -0.860. The van der Waals surface area contributed by atoms with E-state index in [1.807, 2.05) is 11.0 Å². The second kappa shape index (κ2) is 13.6. The maximum atomic E-state index is 13.7. The molecule has 2 saturated heterocycles. The zero-order chi connectivity index (χ0) is 28.6. The maximum Gasteiger partial charge on any atom is 0.251 e. The first-order valence-corrected chi connectivity index (χ1v) is 15.0. The quantitative estimate of drug-likeness (QED) is 0.363. The lowest BCUT2D eigenvalue weighted by Crippen LogP contribution is -2.73. The molecular weight excluding hydrogens is 508 g/mol. The first kappa shape index (κ1) is 30.1. The molecule has 0 aromatic heterocycles. The Morgan fingerprint density at radius 1 is 1.10 bits per heavy atom. The first-order valence-electron chi connectivity index (χ1n) is 15.0. The Bertz CT molecular complexity index is 1040. The molecule has 3 aliphatic rings. The Labute approximate surface area is 238 Å². The van der Waals surface area contributed by atoms with Gasteiger partial charge in [0, 0.05) is 45.2 Å². The fraction of sp³-hybridized carbons (Fsp3) is 0.645. The predicted octanol–water partition coefficient (Wildman–Crippen LogP) is 3.03. The van der Waals surface area contributed by atoms with E-state index >= 15 is 0 Å². The SMILES string of the molecule is CCCCN1C(=O)[C@@H](CC2(O)CCCCC2)NC(=O)C12CCN(C/C=C\COc1ccc(C(=O)NC)cc1)CC2. The van der Waals surface area contributed by atoms with Gasteiger partial charge in [0.15, 0.2) is 0 Å². The smallest absolute Gasteiger partial charge is 0.251 e. The van der Waals surface area contributed by atoms with Crippen LogP contribution in [0.5, 0.6) is 5.75 Å². The van der Waals surface area contributed by atoms with E-state index in [0.29, 0.717) is 56.6 Å². The molecule has 2 heterocycles. The monoisotopic (exact) mass is 554 g/mol. The zero-order valence-electron chi connectivity index (χ0n) is 24.1. The van der Waals surface area contributed by atoms with Crippen molar-refractivity contribution in [2.24, 2.45) is 0 Å². The summed E-state index contributed by atoms with van der Waals surface area (Å²) in [7, 11) is 1.60. The number of piperazine rings is 1. The molecule has 40 heavy (non-hydrogen) atoms. The molecule has 220 valence electrons. The number of hydrogen-bond acceptors (Lipinski definition) is 6. The summed E-state index contributed by atoms with van der Waals surface area (Å²) in [6.07, 6.45) is 11.8. The standard InChI is InChI=1S/C31H46N4O5/c1-3-4-19-35-28(37)26(23-30(39)14-6-5-7-15-30)33-29(38)31(35)16-20-34(21-17-31)18-8-9-22-40-25-12-10-24(11-13-25)27(36)32-2/h8-13,26,39H,3-7,14-23H2,1-2H3,(H,32,36)(H,33,38)/b9-8-/t26-/m1/s1. The number of carbonyl (C=O) groups is 3. The molecule has 1 spiro atoms. The molecular formula is C31H46N4O5. The number of aliphatic hydroxyl groups is 1. The fourth-order valence-electron chi connectivity index (χ4n) is 6.33. The molecule has 1 aromatic carbocycles. The predicted molar refractivity (Wildman–Crippen MR) is 154 cm³/mol. The van der Waals surface area contributed by atoms with Gasteiger partial charge in [0.05, 0.1) is 5.60 Å². The molecule has 3 fully saturated rings. The van der Waals surface area contributed by atoms with Crippen LogP contribution in [0.25, 0.3) is 0 Å². The Balaban J connectivity index is 1.29. The van der Waals surface area contributed by atoms with E-state index in [1.165, 1.54) is 0 Å². The summed E-state index contributed by atoms with van der Waals surface area (Å²) < 4.78 is 5.75. The van der Waals surface area contributed by atoms with Crippen LogP contribution in [0, 0.1) is 0 Å². The molecule has 2 aliphatic heterocycles. The highest BCUT2D eigenvalue weighted by Gasteiger charge is 2.54. The molecule has 1 saturated carbocycles. The lowest BCUT2D eigenvalue weighted by Gasteiger charge is -2.52. The summed E-state index contributed by atoms with van der Waals surface area (Å²) in [4.78, 5) is 43.1. The number of unbranched alkanes of at least 4 members (excludes halogenated alkanes) is 1. The average molecular weight is 555 g/mol. The average Bonchev–Trinajstić information content (AvgIpc) is 2.97. The highest BCUT2D eigenvalue weighted by Crippen LogP contribution is 2.37. The molecule has 3 amide bonds. The van der Waals surface area contributed by atoms with Crippen molar-refractivity contribution in [3.63, 3.8) is 0 Å². The van der Waals surface area contributed by atoms with Gasteiger partial charge < -0.3 is 25.4 Å². The van der Waals surface area contributed by atoms with Crippen molar-refractivity contribution in [2.75, 3.05) is 39.8 Å². The van der Waals surface area contributed by atoms with Crippen molar-refractivity contribution in [1.29, 1.82) is 0 Å². The number of benzene rings is 1. The van der Waals surface area contributed by atoms with Gasteiger partial charge in [-0.15, -0.1) is 0 Å². The third-order valence-electron chi connectivity index (χ3n) is 8.82. The van der Waals surface area contributed by atoms with Crippen molar-refractivity contribution >= 4 is 17.7 Å². The maximum absolute atomic E-state index is 13.7. The highest BCUT2D eigenvalue weighted by atomic mass is 16.5. The second-order valence-electron chi connectivity index (χ2n) is 11.6. The molecule has 9 heteroatoms. The van der Waals surface area contributed by atoms with Gasteiger partial charge in [0.1, 0.15) is 23.9 Å². The van der Waals surface area contributed by atoms with Gasteiger partial charge in [-0.2, -0.15) is 0 Å². The lowest BCUT2D eigenvalue weighted by molar-refractivity contribution is -0.163. The third kappa shape index (κ3) is 7.04. The summed E-state index contributed by atoms with van der Waals surface area (Å²) in [6.45, 7) is 5.30. The van der Waals surface area contributed by atoms with E-state index in [-0.39, 0.29) is 17.7 Å². The number of rotatable bonds is 11. The van der Waals surface area contributed by atoms with Crippen LogP contribution in [0.1, 0.15) is 81.5 Å². The number of piperidine rings is 1. The van der Waals surface area contributed by atoms with E-state index in [2.05, 4.69) is 28.5 Å². The summed E-state index contributed by atoms with van der Waals surface area (Å²) in [6, 6.07) is 6.39. The van der Waals surface area contributed by atoms with E-state index in [4.69, 9.17) is 4.74 Å². The zero-order valence-corrected chi connectivity index (χ0v) is 24.1. The van der Waals surface area contributed by atoms with Crippen LogP contribution in [0.4, 0.5) is 0 Å². The number of nitrogens with one attached hydrogen (secondary N) is 2. The molecule has 1 atom stereocenters. The summed E-state index contributed by atoms with van der Waals surface area (Å²) >= 11 is 0. The van der Waals surface area contributed by atoms with Gasteiger partial charge in [0.25, 0.3) is 5.91 Å². The number of nitrogens with zero attached hydrogens (tertiary/aromatic N) is 2. The van der Waals surface area contributed by atoms with Gasteiger partial charge in [-0.1, -0.05) is 44.8 Å². The number of amides is 3. The van der Waals surface area contributed by atoms with Gasteiger partial charge in [-0.3, -0.25) is 19.3 Å². The van der Waals surface area contributed by atoms with Crippen molar-refractivity contribution < 1.29 is 24.2 Å². The largest absolute Gasteiger partial charge is 0.490 e. The highest BCUT2D eigenvalue weighted by molar-refractivity contribution is 6.00. The third-order valence-corrected chi connectivity index (χ3v) is 8.82. The number of ether oxygens (including phenoxy) is 1. The Kier molecular flexibility index (Phi) is 10.2. The van der Waals surface area contributed by atoms with Gasteiger partial charge >= 0.3 is 0 Å². The van der Waals surface area contributed by atoms with Gasteiger partial charge in [0.2, 0.25) is 11.8 Å². The Morgan fingerprint density at radius 3 is 2.45 bits per heavy atom. The summed E-state index contributed by atoms with van der Waals surface area (Å²) in [5.41, 5.74) is -1.07. The number of hydrogen-bond donors (Lipinski definition) is 3. The van der Waals surface area contributed by atoms with Crippen LogP contribution in [0.3, 0.4) is 0 Å². The van der Waals surface area contributed by atoms with E-state index in [0.717, 1.165) is 51.7 Å². The normalized spacial score (nSPS) is 22.9. The van der Waals surface area contributed by atoms with E-state index in [1.54, 1.807) is 31.3 Å². The van der Waals surface area contributed by atoms with E-state index < -0.39 is 17.2 Å². The van der Waals surface area contributed by atoms with Crippen LogP contribution >= 0.6 is 0 Å². The van der Waals surface area contributed by atoms with Gasteiger partial charge in [-0.05, 0) is 56.4 Å². The fourth-order valence-corrected chi connectivity index (χ4v) is 6.33. The van der Waals surface area contributed by atoms with Crippen LogP contribution in [-0.4, -0.2) is 89.6 Å². The summed E-state index contributed by atoms with van der Waals surface area (Å²) in [5, 5.41) is 16.7. The van der Waals surface area contributed by atoms with Crippen molar-refractivity contribution in [3.8, 4) is 5.75 Å². The first-order chi connectivity index (χ1) is 19.3. The molecule has 1 aliphatic carbocycles. The van der Waals surface area contributed by atoms with E-state index in [9.17, 15) is 19.5 Å². The molecule has 1 aromatic rings. The second-order valence-corrected chi connectivity index (χ2v) is 11.6. The topological polar surface area (TPSA) is 111 Å². The Hall–Kier alpha value is -2.91. The Morgan fingerprint density at radius 2 is 1.80 bits per heavy atom. The van der Waals surface area contributed by atoms with Gasteiger partial charge in [-0.25, -0.2) is 0 Å². The van der Waals surface area contributed by atoms with Crippen LogP contribution < -0.4 is 15.4 Å². The lowest BCUT2D eigenvalue weighted by atomic mass is 9.77. The van der Waals surface area contributed by atoms with Crippen LogP contribution in [0.15, 0.2) is 36.4 Å². The van der Waals surface area contributed by atoms with Crippen LogP contribution in [-0.2, 0) is 9.59 Å². The molecule has 9 nitrogen and oxygen atoms in total. The van der Waals surface area contributed by atoms with Crippen molar-refractivity contribution in [1.82, 2.24) is 20.4 Å². The summed E-state index contributed by atoms with van der Waals surface area (Å²) in [5.74, 6) is 0.488. The minimum Gasteiger partial charge on any atom is -0.490 e. The molecule has 0 radical (unpaired) electrons. The number of likely N-dealkylation sites (tertiary alicyclic amines) is 1.